The summed E-state index contributed by atoms with van der Waals surface area (Å²) < 4.78 is 2.65. The largest absolute Gasteiger partial charge is 0.334 e. The van der Waals surface area contributed by atoms with Gasteiger partial charge in [0, 0.05) is 24.4 Å². The number of aryl methyl sites for hydroxylation is 2. The van der Waals surface area contributed by atoms with E-state index in [1.54, 1.807) is 11.1 Å². The van der Waals surface area contributed by atoms with Crippen molar-refractivity contribution < 1.29 is 0 Å². The SMILES string of the molecule is C=C(c1cc(CNCCC)c(C)cc1C)N(CCCC1=C(C)CCC=C1)S(C)(C)CC. The Kier molecular flexibility index (Phi) is 9.96. The van der Waals surface area contributed by atoms with Gasteiger partial charge in [0.1, 0.15) is 0 Å². The zero-order valence-electron chi connectivity index (χ0n) is 21.2. The van der Waals surface area contributed by atoms with Crippen LogP contribution in [0.4, 0.5) is 0 Å². The molecular formula is C28H46N2S. The van der Waals surface area contributed by atoms with Gasteiger partial charge in [-0.2, -0.15) is 10.2 Å². The summed E-state index contributed by atoms with van der Waals surface area (Å²) in [4.78, 5) is 0. The van der Waals surface area contributed by atoms with E-state index in [9.17, 15) is 0 Å². The first-order valence-electron chi connectivity index (χ1n) is 12.0. The molecule has 3 heteroatoms. The minimum Gasteiger partial charge on any atom is -0.334 e. The molecule has 174 valence electrons. The number of hydrogen-bond acceptors (Lipinski definition) is 2. The molecule has 0 saturated carbocycles. The van der Waals surface area contributed by atoms with Crippen LogP contribution in [0, 0.1) is 13.8 Å². The highest BCUT2D eigenvalue weighted by Crippen LogP contribution is 2.49. The molecule has 1 aromatic rings. The Morgan fingerprint density at radius 2 is 1.87 bits per heavy atom. The van der Waals surface area contributed by atoms with Crippen LogP contribution in [-0.2, 0) is 6.54 Å². The summed E-state index contributed by atoms with van der Waals surface area (Å²) in [5, 5.41) is 3.57. The molecule has 1 aromatic carbocycles. The first kappa shape index (κ1) is 25.8. The van der Waals surface area contributed by atoms with Gasteiger partial charge in [-0.3, -0.25) is 0 Å². The lowest BCUT2D eigenvalue weighted by Crippen LogP contribution is -2.28. The summed E-state index contributed by atoms with van der Waals surface area (Å²) in [6.45, 7) is 19.0. The molecule has 1 N–H and O–H groups in total. The van der Waals surface area contributed by atoms with Crippen LogP contribution in [-0.4, -0.2) is 35.7 Å². The van der Waals surface area contributed by atoms with Crippen LogP contribution >= 0.6 is 10.2 Å². The topological polar surface area (TPSA) is 15.3 Å². The molecule has 0 aliphatic heterocycles. The van der Waals surface area contributed by atoms with Crippen molar-refractivity contribution in [3.63, 3.8) is 0 Å². The average Bonchev–Trinajstić information content (AvgIpc) is 2.73. The average molecular weight is 443 g/mol. The van der Waals surface area contributed by atoms with Gasteiger partial charge in [0.05, 0.1) is 0 Å². The van der Waals surface area contributed by atoms with Crippen molar-refractivity contribution in [3.05, 3.63) is 64.3 Å². The molecule has 0 spiro atoms. The second-order valence-electron chi connectivity index (χ2n) is 9.44. The molecule has 0 fully saturated rings. The number of nitrogens with zero attached hydrogens (tertiary/aromatic N) is 1. The first-order chi connectivity index (χ1) is 14.7. The van der Waals surface area contributed by atoms with Gasteiger partial charge in [-0.15, -0.1) is 0 Å². The number of nitrogens with one attached hydrogen (secondary N) is 1. The third kappa shape index (κ3) is 7.02. The first-order valence-corrected chi connectivity index (χ1v) is 14.6. The normalized spacial score (nSPS) is 14.8. The van der Waals surface area contributed by atoms with E-state index in [2.05, 4.69) is 87.6 Å². The predicted molar refractivity (Wildman–Crippen MR) is 144 cm³/mol. The summed E-state index contributed by atoms with van der Waals surface area (Å²) in [5.74, 6) is 1.18. The Balaban J connectivity index is 2.23. The zero-order chi connectivity index (χ0) is 23.0. The Labute approximate surface area is 194 Å². The van der Waals surface area contributed by atoms with Gasteiger partial charge in [0.25, 0.3) is 0 Å². The van der Waals surface area contributed by atoms with Gasteiger partial charge in [-0.05, 0) is 106 Å². The molecule has 0 bridgehead atoms. The molecule has 31 heavy (non-hydrogen) atoms. The van der Waals surface area contributed by atoms with Crippen molar-refractivity contribution >= 4 is 15.9 Å². The number of benzene rings is 1. The number of rotatable bonds is 12. The highest BCUT2D eigenvalue weighted by molar-refractivity contribution is 8.30. The van der Waals surface area contributed by atoms with E-state index in [1.165, 1.54) is 59.4 Å². The highest BCUT2D eigenvalue weighted by Gasteiger charge is 2.23. The van der Waals surface area contributed by atoms with Crippen LogP contribution in [0.2, 0.25) is 0 Å². The maximum Gasteiger partial charge on any atom is 0.0456 e. The van der Waals surface area contributed by atoms with Gasteiger partial charge >= 0.3 is 0 Å². The zero-order valence-corrected chi connectivity index (χ0v) is 22.1. The minimum atomic E-state index is -0.901. The van der Waals surface area contributed by atoms with Crippen LogP contribution in [0.1, 0.15) is 75.1 Å². The Bertz CT molecular complexity index is 817. The van der Waals surface area contributed by atoms with Crippen LogP contribution in [0.15, 0.2) is 42.0 Å². The van der Waals surface area contributed by atoms with Crippen LogP contribution < -0.4 is 5.32 Å². The minimum absolute atomic E-state index is 0.901. The standard InChI is InChI=1S/C28H46N2S/c1-9-17-29-21-27-20-28(24(5)19-23(27)4)25(6)30(31(7,8)10-2)18-13-16-26-15-12-11-14-22(26)3/h12,15,19-20,29H,6,9-11,13-14,16-18,21H2,1-5,7-8H3. The molecule has 0 saturated heterocycles. The summed E-state index contributed by atoms with van der Waals surface area (Å²) in [6, 6.07) is 4.74. The number of allylic oxidation sites excluding steroid dienone is 4. The molecule has 0 unspecified atom stereocenters. The van der Waals surface area contributed by atoms with Crippen LogP contribution in [0.5, 0.6) is 0 Å². The second kappa shape index (κ2) is 12.0. The van der Waals surface area contributed by atoms with Crippen molar-refractivity contribution in [1.82, 2.24) is 9.62 Å². The lowest BCUT2D eigenvalue weighted by molar-refractivity contribution is 0.592. The molecule has 2 nitrogen and oxygen atoms in total. The van der Waals surface area contributed by atoms with Gasteiger partial charge in [-0.25, -0.2) is 0 Å². The molecule has 1 aliphatic carbocycles. The summed E-state index contributed by atoms with van der Waals surface area (Å²) in [7, 11) is -0.901. The molecule has 0 radical (unpaired) electrons. The third-order valence-electron chi connectivity index (χ3n) is 6.70. The van der Waals surface area contributed by atoms with Gasteiger partial charge in [0.2, 0.25) is 0 Å². The smallest absolute Gasteiger partial charge is 0.0456 e. The fourth-order valence-electron chi connectivity index (χ4n) is 4.31. The van der Waals surface area contributed by atoms with Crippen molar-refractivity contribution in [1.29, 1.82) is 0 Å². The Morgan fingerprint density at radius 1 is 1.13 bits per heavy atom. The van der Waals surface area contributed by atoms with Crippen molar-refractivity contribution in [2.75, 3.05) is 31.4 Å². The quantitative estimate of drug-likeness (QED) is 0.337. The monoisotopic (exact) mass is 442 g/mol. The Hall–Kier alpha value is -1.45. The molecule has 2 rings (SSSR count). The van der Waals surface area contributed by atoms with Crippen molar-refractivity contribution in [3.8, 4) is 0 Å². The summed E-state index contributed by atoms with van der Waals surface area (Å²) in [5.41, 5.74) is 9.77. The van der Waals surface area contributed by atoms with E-state index in [-0.39, 0.29) is 0 Å². The van der Waals surface area contributed by atoms with Gasteiger partial charge in [-0.1, -0.05) is 44.2 Å². The van der Waals surface area contributed by atoms with E-state index in [4.69, 9.17) is 0 Å². The van der Waals surface area contributed by atoms with E-state index in [1.807, 2.05) is 0 Å². The molecule has 0 amide bonds. The van der Waals surface area contributed by atoms with E-state index in [0.29, 0.717) is 0 Å². The van der Waals surface area contributed by atoms with E-state index < -0.39 is 10.2 Å². The predicted octanol–water partition coefficient (Wildman–Crippen LogP) is 7.52. The van der Waals surface area contributed by atoms with E-state index in [0.717, 1.165) is 26.1 Å². The molecule has 1 aliphatic rings. The van der Waals surface area contributed by atoms with Crippen molar-refractivity contribution in [2.45, 2.75) is 73.3 Å². The second-order valence-corrected chi connectivity index (χ2v) is 13.4. The van der Waals surface area contributed by atoms with Crippen molar-refractivity contribution in [2.24, 2.45) is 0 Å². The maximum atomic E-state index is 4.65. The summed E-state index contributed by atoms with van der Waals surface area (Å²) >= 11 is 0. The number of hydrogen-bond donors (Lipinski definition) is 1. The maximum absolute atomic E-state index is 4.65. The molecule has 0 heterocycles. The van der Waals surface area contributed by atoms with Crippen LogP contribution in [0.3, 0.4) is 0 Å². The van der Waals surface area contributed by atoms with Gasteiger partial charge < -0.3 is 9.62 Å². The Morgan fingerprint density at radius 3 is 2.52 bits per heavy atom. The van der Waals surface area contributed by atoms with Crippen LogP contribution in [0.25, 0.3) is 5.70 Å². The molecule has 0 aromatic heterocycles. The summed E-state index contributed by atoms with van der Waals surface area (Å²) in [6.07, 6.45) is 15.5. The lowest BCUT2D eigenvalue weighted by Gasteiger charge is -2.46. The molecular weight excluding hydrogens is 396 g/mol. The highest BCUT2D eigenvalue weighted by atomic mass is 32.3. The fourth-order valence-corrected chi connectivity index (χ4v) is 5.94. The fraction of sp³-hybridized carbons (Fsp3) is 0.571. The lowest BCUT2D eigenvalue weighted by atomic mass is 9.95. The molecule has 0 atom stereocenters. The van der Waals surface area contributed by atoms with Gasteiger partial charge in [0.15, 0.2) is 0 Å². The van der Waals surface area contributed by atoms with E-state index >= 15 is 0 Å². The third-order valence-corrected chi connectivity index (χ3v) is 9.71.